The first kappa shape index (κ1) is 16.9. The highest BCUT2D eigenvalue weighted by molar-refractivity contribution is 7.94. The predicted molar refractivity (Wildman–Crippen MR) is 89.8 cm³/mol. The molecule has 0 bridgehead atoms. The van der Waals surface area contributed by atoms with Crippen LogP contribution in [0.4, 0.5) is 10.8 Å². The first-order valence-electron chi connectivity index (χ1n) is 6.80. The van der Waals surface area contributed by atoms with Crippen LogP contribution in [0, 0.1) is 5.92 Å². The summed E-state index contributed by atoms with van der Waals surface area (Å²) in [6.07, 6.45) is 1.47. The molecule has 8 nitrogen and oxygen atoms in total. The van der Waals surface area contributed by atoms with Crippen LogP contribution < -0.4 is 9.03 Å². The number of amides is 1. The van der Waals surface area contributed by atoms with Gasteiger partial charge in [0.1, 0.15) is 0 Å². The minimum atomic E-state index is -3.83. The molecule has 1 aliphatic heterocycles. The molecule has 24 heavy (non-hydrogen) atoms. The maximum Gasteiger partial charge on any atom is 0.263 e. The third-order valence-corrected chi connectivity index (χ3v) is 7.44. The lowest BCUT2D eigenvalue weighted by Gasteiger charge is -2.15. The summed E-state index contributed by atoms with van der Waals surface area (Å²) < 4.78 is 51.6. The molecule has 11 heteroatoms. The number of benzene rings is 1. The Balaban J connectivity index is 1.90. The summed E-state index contributed by atoms with van der Waals surface area (Å²) in [6, 6.07) is 5.09. The van der Waals surface area contributed by atoms with Crippen LogP contribution in [0.15, 0.2) is 40.7 Å². The molecule has 0 radical (unpaired) electrons. The first-order chi connectivity index (χ1) is 11.2. The van der Waals surface area contributed by atoms with Crippen molar-refractivity contribution in [3.63, 3.8) is 0 Å². The van der Waals surface area contributed by atoms with Crippen LogP contribution in [0.5, 0.6) is 0 Å². The Morgan fingerprint density at radius 2 is 1.96 bits per heavy atom. The Bertz CT molecular complexity index is 966. The summed E-state index contributed by atoms with van der Waals surface area (Å²) in [4.78, 5) is 15.8. The fraction of sp³-hybridized carbons (Fsp3) is 0.231. The number of rotatable bonds is 4. The molecule has 1 unspecified atom stereocenters. The Hall–Kier alpha value is -1.98. The van der Waals surface area contributed by atoms with E-state index in [1.807, 2.05) is 0 Å². The number of aromatic nitrogens is 1. The van der Waals surface area contributed by atoms with Gasteiger partial charge in [0.25, 0.3) is 10.0 Å². The number of hydrogen-bond acceptors (Lipinski definition) is 7. The van der Waals surface area contributed by atoms with Crippen LogP contribution in [0.1, 0.15) is 6.92 Å². The first-order valence-corrected chi connectivity index (χ1v) is 10.8. The summed E-state index contributed by atoms with van der Waals surface area (Å²) in [7, 11) is -7.55. The molecule has 2 heterocycles. The van der Waals surface area contributed by atoms with Gasteiger partial charge in [-0.05, 0) is 24.3 Å². The summed E-state index contributed by atoms with van der Waals surface area (Å²) in [5, 5.41) is 1.86. The van der Waals surface area contributed by atoms with Crippen LogP contribution in [0.3, 0.4) is 0 Å². The second kappa shape index (κ2) is 5.83. The zero-order chi connectivity index (χ0) is 17.5. The summed E-state index contributed by atoms with van der Waals surface area (Å²) in [6.45, 7) is 1.54. The van der Waals surface area contributed by atoms with Gasteiger partial charge in [-0.15, -0.1) is 11.3 Å². The van der Waals surface area contributed by atoms with Gasteiger partial charge in [0.2, 0.25) is 15.9 Å². The quantitative estimate of drug-likeness (QED) is 0.845. The minimum Gasteiger partial charge on any atom is -0.273 e. The van der Waals surface area contributed by atoms with Crippen molar-refractivity contribution in [2.75, 3.05) is 14.8 Å². The van der Waals surface area contributed by atoms with Gasteiger partial charge in [0.15, 0.2) is 5.13 Å². The van der Waals surface area contributed by atoms with Crippen LogP contribution >= 0.6 is 11.3 Å². The highest BCUT2D eigenvalue weighted by atomic mass is 32.2. The smallest absolute Gasteiger partial charge is 0.263 e. The Labute approximate surface area is 143 Å². The molecule has 1 atom stereocenters. The topological polar surface area (TPSA) is 114 Å². The number of anilines is 2. The molecule has 0 aliphatic carbocycles. The molecule has 0 spiro atoms. The van der Waals surface area contributed by atoms with Gasteiger partial charge in [0.05, 0.1) is 22.3 Å². The van der Waals surface area contributed by atoms with Gasteiger partial charge in [-0.3, -0.25) is 9.52 Å². The zero-order valence-electron chi connectivity index (χ0n) is 12.4. The lowest BCUT2D eigenvalue weighted by molar-refractivity contribution is -0.119. The molecule has 128 valence electrons. The van der Waals surface area contributed by atoms with Gasteiger partial charge in [0, 0.05) is 11.6 Å². The minimum absolute atomic E-state index is 0.0569. The molecule has 1 saturated heterocycles. The van der Waals surface area contributed by atoms with E-state index in [0.29, 0.717) is 0 Å². The molecule has 1 aliphatic rings. The van der Waals surface area contributed by atoms with E-state index in [1.54, 1.807) is 5.38 Å². The van der Waals surface area contributed by atoms with Gasteiger partial charge in [-0.1, -0.05) is 6.92 Å². The molecule has 1 aromatic heterocycles. The number of carbonyl (C=O) groups is 1. The number of hydrogen-bond donors (Lipinski definition) is 1. The molecule has 1 fully saturated rings. The van der Waals surface area contributed by atoms with E-state index in [0.717, 1.165) is 15.6 Å². The second-order valence-corrected chi connectivity index (χ2v) is 9.66. The summed E-state index contributed by atoms with van der Waals surface area (Å²) >= 11 is 1.13. The third kappa shape index (κ3) is 3.01. The fourth-order valence-corrected chi connectivity index (χ4v) is 5.90. The van der Waals surface area contributed by atoms with Crippen molar-refractivity contribution < 1.29 is 21.6 Å². The molecular formula is C13H13N3O5S3. The van der Waals surface area contributed by atoms with E-state index >= 15 is 0 Å². The number of thiazole rings is 1. The van der Waals surface area contributed by atoms with E-state index in [4.69, 9.17) is 0 Å². The lowest BCUT2D eigenvalue weighted by Crippen LogP contribution is -2.30. The number of nitrogens with one attached hydrogen (secondary N) is 1. The fourth-order valence-electron chi connectivity index (χ4n) is 2.30. The average Bonchev–Trinajstić information content (AvgIpc) is 3.05. The molecule has 0 saturated carbocycles. The van der Waals surface area contributed by atoms with E-state index in [1.165, 1.54) is 37.4 Å². The van der Waals surface area contributed by atoms with Crippen molar-refractivity contribution in [1.82, 2.24) is 4.98 Å². The van der Waals surface area contributed by atoms with E-state index in [9.17, 15) is 21.6 Å². The number of sulfonamides is 2. The van der Waals surface area contributed by atoms with Crippen molar-refractivity contribution >= 4 is 48.1 Å². The molecule has 1 aromatic carbocycles. The van der Waals surface area contributed by atoms with Crippen LogP contribution in [0.2, 0.25) is 0 Å². The van der Waals surface area contributed by atoms with Gasteiger partial charge in [-0.25, -0.2) is 26.1 Å². The third-order valence-electron chi connectivity index (χ3n) is 3.40. The van der Waals surface area contributed by atoms with E-state index in [-0.39, 0.29) is 21.5 Å². The summed E-state index contributed by atoms with van der Waals surface area (Å²) in [5.41, 5.74) is 0.123. The maximum absolute atomic E-state index is 12.2. The number of nitrogens with zero attached hydrogens (tertiary/aromatic N) is 2. The molecule has 3 rings (SSSR count). The molecule has 1 amide bonds. The predicted octanol–water partition coefficient (Wildman–Crippen LogP) is 1.26. The normalized spacial score (nSPS) is 20.3. The van der Waals surface area contributed by atoms with E-state index < -0.39 is 31.9 Å². The molecule has 1 N–H and O–H groups in total. The van der Waals surface area contributed by atoms with Crippen molar-refractivity contribution in [3.05, 3.63) is 35.8 Å². The van der Waals surface area contributed by atoms with Crippen LogP contribution in [0.25, 0.3) is 0 Å². The Morgan fingerprint density at radius 1 is 1.29 bits per heavy atom. The Morgan fingerprint density at radius 3 is 2.46 bits per heavy atom. The molecule has 2 aromatic rings. The monoisotopic (exact) mass is 387 g/mol. The second-order valence-electron chi connectivity index (χ2n) is 5.22. The lowest BCUT2D eigenvalue weighted by atomic mass is 10.2. The highest BCUT2D eigenvalue weighted by Crippen LogP contribution is 2.29. The van der Waals surface area contributed by atoms with E-state index in [2.05, 4.69) is 9.71 Å². The largest absolute Gasteiger partial charge is 0.273 e. The number of carbonyl (C=O) groups excluding carboxylic acids is 1. The zero-order valence-corrected chi connectivity index (χ0v) is 14.9. The van der Waals surface area contributed by atoms with Gasteiger partial charge >= 0.3 is 0 Å². The SMILES string of the molecule is CC1CS(=O)(=O)N(c2ccc(S(=O)(=O)Nc3nccs3)cc2)C1=O. The maximum atomic E-state index is 12.2. The van der Waals surface area contributed by atoms with Crippen molar-refractivity contribution in [3.8, 4) is 0 Å². The average molecular weight is 387 g/mol. The molecular weight excluding hydrogens is 374 g/mol. The van der Waals surface area contributed by atoms with Crippen molar-refractivity contribution in [2.24, 2.45) is 5.92 Å². The van der Waals surface area contributed by atoms with Crippen molar-refractivity contribution in [2.45, 2.75) is 11.8 Å². The van der Waals surface area contributed by atoms with Crippen LogP contribution in [-0.2, 0) is 24.8 Å². The van der Waals surface area contributed by atoms with Gasteiger partial charge < -0.3 is 0 Å². The standard InChI is InChI=1S/C13H13N3O5S3/c1-9-8-23(18,19)16(12(9)17)10-2-4-11(5-3-10)24(20,21)15-13-14-6-7-22-13/h2-7,9H,8H2,1H3,(H,14,15). The van der Waals surface area contributed by atoms with Crippen LogP contribution in [-0.4, -0.2) is 33.5 Å². The Kier molecular flexibility index (Phi) is 4.10. The summed E-state index contributed by atoms with van der Waals surface area (Å²) in [5.74, 6) is -1.39. The highest BCUT2D eigenvalue weighted by Gasteiger charge is 2.41. The van der Waals surface area contributed by atoms with Crippen molar-refractivity contribution in [1.29, 1.82) is 0 Å². The van der Waals surface area contributed by atoms with Gasteiger partial charge in [-0.2, -0.15) is 0 Å².